The van der Waals surface area contributed by atoms with Crippen molar-refractivity contribution in [2.24, 2.45) is 11.6 Å². The number of carboxylic acids is 1. The van der Waals surface area contributed by atoms with Crippen LogP contribution in [0.2, 0.25) is 0 Å². The molecule has 11 heteroatoms. The van der Waals surface area contributed by atoms with Gasteiger partial charge in [-0.1, -0.05) is 24.0 Å². The van der Waals surface area contributed by atoms with Gasteiger partial charge in [-0.05, 0) is 42.5 Å². The highest BCUT2D eigenvalue weighted by Crippen LogP contribution is 2.25. The van der Waals surface area contributed by atoms with Gasteiger partial charge in [0.25, 0.3) is 5.91 Å². The zero-order valence-corrected chi connectivity index (χ0v) is 19.8. The summed E-state index contributed by atoms with van der Waals surface area (Å²) in [5, 5.41) is 9.80. The largest absolute Gasteiger partial charge is 0.480 e. The summed E-state index contributed by atoms with van der Waals surface area (Å²) in [6.07, 6.45) is 3.41. The number of nitrogen functional groups attached to an aromatic ring is 1. The molecule has 0 aliphatic carbocycles. The van der Waals surface area contributed by atoms with Crippen LogP contribution >= 0.6 is 0 Å². The van der Waals surface area contributed by atoms with E-state index in [9.17, 15) is 23.9 Å². The topological polar surface area (TPSA) is 165 Å². The van der Waals surface area contributed by atoms with E-state index in [1.165, 1.54) is 12.1 Å². The molecule has 2 heterocycles. The molecule has 0 bridgehead atoms. The number of hydrogen-bond donors (Lipinski definition) is 4. The molecule has 0 radical (unpaired) electrons. The van der Waals surface area contributed by atoms with Crippen LogP contribution in [-0.2, 0) is 9.59 Å². The first kappa shape index (κ1) is 25.9. The lowest BCUT2D eigenvalue weighted by atomic mass is 10.0. The number of hydrazine groups is 1. The van der Waals surface area contributed by atoms with Crippen molar-refractivity contribution in [2.75, 3.05) is 11.4 Å². The van der Waals surface area contributed by atoms with E-state index in [4.69, 9.17) is 11.6 Å². The number of benzene rings is 2. The zero-order chi connectivity index (χ0) is 27.2. The van der Waals surface area contributed by atoms with Gasteiger partial charge in [-0.25, -0.2) is 20.0 Å². The van der Waals surface area contributed by atoms with Gasteiger partial charge < -0.3 is 10.8 Å². The summed E-state index contributed by atoms with van der Waals surface area (Å²) in [5.74, 6) is 8.43. The second-order valence-electron chi connectivity index (χ2n) is 8.02. The molecule has 38 heavy (non-hydrogen) atoms. The van der Waals surface area contributed by atoms with E-state index in [0.29, 0.717) is 34.1 Å². The maximum absolute atomic E-state index is 14.7. The number of nitrogens with one attached hydrogen (secondary N) is 1. The molecule has 2 aromatic carbocycles. The van der Waals surface area contributed by atoms with Gasteiger partial charge >= 0.3 is 5.97 Å². The summed E-state index contributed by atoms with van der Waals surface area (Å²) in [5.41, 5.74) is 10.4. The van der Waals surface area contributed by atoms with E-state index in [1.54, 1.807) is 48.8 Å². The van der Waals surface area contributed by atoms with Crippen molar-refractivity contribution in [3.05, 3.63) is 89.5 Å². The van der Waals surface area contributed by atoms with Gasteiger partial charge in [-0.15, -0.1) is 0 Å². The number of amides is 2. The number of anilines is 1. The number of aliphatic carboxylic acids is 1. The summed E-state index contributed by atoms with van der Waals surface area (Å²) in [7, 11) is 0. The molecule has 4 rings (SSSR count). The van der Waals surface area contributed by atoms with E-state index >= 15 is 0 Å². The average Bonchev–Trinajstić information content (AvgIpc) is 2.94. The molecule has 4 aromatic rings. The highest BCUT2D eigenvalue weighted by Gasteiger charge is 2.24. The molecule has 0 saturated carbocycles. The van der Waals surface area contributed by atoms with E-state index < -0.39 is 23.7 Å². The molecule has 0 saturated heterocycles. The second-order valence-corrected chi connectivity index (χ2v) is 8.02. The normalized spacial score (nSPS) is 11.2. The van der Waals surface area contributed by atoms with Crippen LogP contribution in [0.15, 0.2) is 67.0 Å². The second kappa shape index (κ2) is 11.3. The Bertz CT molecular complexity index is 1600. The number of nitrogens with zero attached hydrogens (tertiary/aromatic N) is 3. The minimum absolute atomic E-state index is 0.0478. The number of nitrogens with two attached hydrogens (primary N) is 2. The fourth-order valence-electron chi connectivity index (χ4n) is 3.76. The van der Waals surface area contributed by atoms with Crippen LogP contribution in [0.3, 0.4) is 0 Å². The van der Waals surface area contributed by atoms with Crippen molar-refractivity contribution in [3.8, 4) is 23.1 Å². The van der Waals surface area contributed by atoms with E-state index in [-0.39, 0.29) is 17.8 Å². The molecule has 1 unspecified atom stereocenters. The van der Waals surface area contributed by atoms with Crippen LogP contribution in [0.5, 0.6) is 0 Å². The number of halogens is 1. The maximum Gasteiger partial charge on any atom is 0.328 e. The molecular weight excluding hydrogens is 491 g/mol. The summed E-state index contributed by atoms with van der Waals surface area (Å²) >= 11 is 0. The Kier molecular flexibility index (Phi) is 7.67. The van der Waals surface area contributed by atoms with Gasteiger partial charge in [0, 0.05) is 41.1 Å². The Hall–Kier alpha value is -5.18. The van der Waals surface area contributed by atoms with Crippen LogP contribution in [0.1, 0.15) is 21.5 Å². The van der Waals surface area contributed by atoms with Gasteiger partial charge in [-0.2, -0.15) is 0 Å². The lowest BCUT2D eigenvalue weighted by Gasteiger charge is -2.23. The van der Waals surface area contributed by atoms with Crippen LogP contribution in [0, 0.1) is 17.7 Å². The van der Waals surface area contributed by atoms with Crippen molar-refractivity contribution < 1.29 is 23.9 Å². The van der Waals surface area contributed by atoms with Crippen molar-refractivity contribution in [1.82, 2.24) is 15.4 Å². The number of carbonyl (C=O) groups is 3. The van der Waals surface area contributed by atoms with Crippen LogP contribution in [0.25, 0.3) is 22.2 Å². The first-order valence-electron chi connectivity index (χ1n) is 11.2. The van der Waals surface area contributed by atoms with Crippen molar-refractivity contribution >= 4 is 34.9 Å². The average molecular weight is 513 g/mol. The monoisotopic (exact) mass is 512 g/mol. The van der Waals surface area contributed by atoms with E-state index in [0.717, 1.165) is 16.5 Å². The number of aromatic nitrogens is 2. The molecule has 0 aliphatic heterocycles. The Balaban J connectivity index is 1.59. The Morgan fingerprint density at radius 1 is 1.13 bits per heavy atom. The molecule has 0 aliphatic rings. The van der Waals surface area contributed by atoms with Gasteiger partial charge in [0.05, 0.1) is 22.3 Å². The van der Waals surface area contributed by atoms with Crippen molar-refractivity contribution in [1.29, 1.82) is 0 Å². The highest BCUT2D eigenvalue weighted by atomic mass is 19.1. The van der Waals surface area contributed by atoms with Gasteiger partial charge in [0.15, 0.2) is 0 Å². The molecular formula is C27H21FN6O4. The third-order valence-electron chi connectivity index (χ3n) is 5.72. The first-order chi connectivity index (χ1) is 18.4. The minimum atomic E-state index is -1.32. The molecule has 190 valence electrons. The zero-order valence-electron chi connectivity index (χ0n) is 19.8. The number of pyridine rings is 2. The van der Waals surface area contributed by atoms with Crippen LogP contribution < -0.4 is 21.9 Å². The first-order valence-corrected chi connectivity index (χ1v) is 11.2. The quantitative estimate of drug-likeness (QED) is 0.0957. The maximum atomic E-state index is 14.7. The van der Waals surface area contributed by atoms with Gasteiger partial charge in [0.2, 0.25) is 6.41 Å². The Morgan fingerprint density at radius 2 is 1.89 bits per heavy atom. The Labute approximate surface area is 216 Å². The number of carbonyl (C=O) groups excluding carboxylic acids is 2. The molecule has 10 nitrogen and oxygen atoms in total. The van der Waals surface area contributed by atoms with E-state index in [2.05, 4.69) is 27.2 Å². The smallest absolute Gasteiger partial charge is 0.328 e. The van der Waals surface area contributed by atoms with E-state index in [1.807, 2.05) is 0 Å². The van der Waals surface area contributed by atoms with Crippen molar-refractivity contribution in [2.45, 2.75) is 6.04 Å². The molecule has 2 aromatic heterocycles. The highest BCUT2D eigenvalue weighted by molar-refractivity contribution is 6.06. The molecule has 0 spiro atoms. The third kappa shape index (κ3) is 5.31. The predicted octanol–water partition coefficient (Wildman–Crippen LogP) is 1.81. The van der Waals surface area contributed by atoms with Crippen molar-refractivity contribution in [3.63, 3.8) is 0 Å². The Morgan fingerprint density at radius 3 is 2.53 bits per heavy atom. The lowest BCUT2D eigenvalue weighted by molar-refractivity contribution is -0.139. The third-order valence-corrected chi connectivity index (χ3v) is 5.72. The standard InChI is InChI=1S/C27H21FN6O4/c28-22-11-19(34(15-35)25(13-29)27(37)38)8-7-17(22)4-1-16-2-5-18(6-3-16)24-12-20(26(36)33-30)21-14-31-10-9-23(21)32-24/h2-3,5-12,14-15,25H,13,29-30H2,(H,33,36)(H,37,38). The van der Waals surface area contributed by atoms with Crippen LogP contribution in [-0.4, -0.2) is 45.9 Å². The number of hydrogen-bond acceptors (Lipinski definition) is 7. The summed E-state index contributed by atoms with van der Waals surface area (Å²) in [6.45, 7) is -0.333. The fourth-order valence-corrected chi connectivity index (χ4v) is 3.76. The molecule has 1 atom stereocenters. The lowest BCUT2D eigenvalue weighted by Crippen LogP contribution is -2.45. The van der Waals surface area contributed by atoms with Gasteiger partial charge in [0.1, 0.15) is 11.9 Å². The fraction of sp³-hybridized carbons (Fsp3) is 0.0741. The SMILES string of the molecule is NCC(C(=O)O)N(C=O)c1ccc(C#Cc2ccc(-c3cc(C(=O)NN)c4cnccc4n3)cc2)c(F)c1. The summed E-state index contributed by atoms with van der Waals surface area (Å²) < 4.78 is 14.7. The summed E-state index contributed by atoms with van der Waals surface area (Å²) in [4.78, 5) is 44.5. The molecule has 0 fully saturated rings. The predicted molar refractivity (Wildman–Crippen MR) is 138 cm³/mol. The molecule has 2 amide bonds. The number of fused-ring (bicyclic) bond motifs is 1. The minimum Gasteiger partial charge on any atom is -0.480 e. The van der Waals surface area contributed by atoms with Gasteiger partial charge in [-0.3, -0.25) is 24.9 Å². The summed E-state index contributed by atoms with van der Waals surface area (Å²) in [6, 6.07) is 12.8. The number of rotatable bonds is 7. The number of carboxylic acid groups (broad SMARTS) is 1. The van der Waals surface area contributed by atoms with Crippen LogP contribution in [0.4, 0.5) is 10.1 Å². The molecule has 6 N–H and O–H groups in total.